The first-order chi connectivity index (χ1) is 5.80. The second-order valence-corrected chi connectivity index (χ2v) is 4.86. The Labute approximate surface area is 86.4 Å². The molecule has 0 aliphatic carbocycles. The van der Waals surface area contributed by atoms with Gasteiger partial charge in [-0.05, 0) is 27.7 Å². The van der Waals surface area contributed by atoms with Gasteiger partial charge < -0.3 is 4.90 Å². The van der Waals surface area contributed by atoms with Crippen molar-refractivity contribution >= 4 is 18.5 Å². The standard InChI is InChI=1S/C10H19NOS/c1-6-7-11(10(3,4)5)9(12)8(2)13/h6,8,13H,1,7H2,2-5H3. The normalized spacial score (nSPS) is 13.6. The van der Waals surface area contributed by atoms with Gasteiger partial charge in [0.05, 0.1) is 5.25 Å². The van der Waals surface area contributed by atoms with Gasteiger partial charge in [0.15, 0.2) is 0 Å². The molecule has 0 saturated heterocycles. The molecule has 0 aromatic rings. The van der Waals surface area contributed by atoms with Crippen molar-refractivity contribution in [3.8, 4) is 0 Å². The van der Waals surface area contributed by atoms with Crippen molar-refractivity contribution in [2.45, 2.75) is 38.5 Å². The molecule has 1 amide bonds. The van der Waals surface area contributed by atoms with Crippen molar-refractivity contribution in [3.05, 3.63) is 12.7 Å². The molecule has 0 aromatic carbocycles. The minimum Gasteiger partial charge on any atom is -0.333 e. The summed E-state index contributed by atoms with van der Waals surface area (Å²) < 4.78 is 0. The van der Waals surface area contributed by atoms with Crippen LogP contribution in [0.5, 0.6) is 0 Å². The van der Waals surface area contributed by atoms with E-state index in [0.717, 1.165) is 0 Å². The van der Waals surface area contributed by atoms with Crippen LogP contribution in [-0.4, -0.2) is 28.1 Å². The molecule has 0 radical (unpaired) electrons. The maximum absolute atomic E-state index is 11.7. The van der Waals surface area contributed by atoms with Gasteiger partial charge >= 0.3 is 0 Å². The maximum Gasteiger partial charge on any atom is 0.235 e. The molecule has 0 aromatic heterocycles. The molecular weight excluding hydrogens is 182 g/mol. The van der Waals surface area contributed by atoms with E-state index in [1.807, 2.05) is 20.8 Å². The second kappa shape index (κ2) is 4.70. The van der Waals surface area contributed by atoms with Crippen LogP contribution in [0.15, 0.2) is 12.7 Å². The summed E-state index contributed by atoms with van der Waals surface area (Å²) in [6.45, 7) is 12.0. The molecule has 0 saturated carbocycles. The highest BCUT2D eigenvalue weighted by Gasteiger charge is 2.26. The summed E-state index contributed by atoms with van der Waals surface area (Å²) in [6, 6.07) is 0. The van der Waals surface area contributed by atoms with Crippen molar-refractivity contribution in [1.29, 1.82) is 0 Å². The van der Waals surface area contributed by atoms with Crippen molar-refractivity contribution in [2.24, 2.45) is 0 Å². The molecule has 0 bridgehead atoms. The number of hydrogen-bond acceptors (Lipinski definition) is 2. The molecule has 76 valence electrons. The summed E-state index contributed by atoms with van der Waals surface area (Å²) in [5, 5.41) is -0.251. The lowest BCUT2D eigenvalue weighted by Crippen LogP contribution is -2.48. The van der Waals surface area contributed by atoms with Crippen LogP contribution in [0.25, 0.3) is 0 Å². The van der Waals surface area contributed by atoms with E-state index in [-0.39, 0.29) is 16.7 Å². The molecule has 2 nitrogen and oxygen atoms in total. The number of carbonyl (C=O) groups excluding carboxylic acids is 1. The van der Waals surface area contributed by atoms with E-state index < -0.39 is 0 Å². The molecule has 13 heavy (non-hydrogen) atoms. The van der Waals surface area contributed by atoms with Gasteiger partial charge in [-0.3, -0.25) is 4.79 Å². The highest BCUT2D eigenvalue weighted by atomic mass is 32.1. The second-order valence-electron chi connectivity index (χ2n) is 4.08. The van der Waals surface area contributed by atoms with Crippen molar-refractivity contribution in [2.75, 3.05) is 6.54 Å². The number of amides is 1. The maximum atomic E-state index is 11.7. The zero-order chi connectivity index (χ0) is 10.6. The Morgan fingerprint density at radius 2 is 2.08 bits per heavy atom. The molecule has 0 spiro atoms. The Hall–Kier alpha value is -0.440. The number of carbonyl (C=O) groups is 1. The summed E-state index contributed by atoms with van der Waals surface area (Å²) in [4.78, 5) is 13.5. The molecule has 0 aliphatic rings. The first-order valence-corrected chi connectivity index (χ1v) is 4.92. The minimum absolute atomic E-state index is 0.0516. The van der Waals surface area contributed by atoms with Crippen LogP contribution in [0.2, 0.25) is 0 Å². The first kappa shape index (κ1) is 12.6. The van der Waals surface area contributed by atoms with Gasteiger partial charge in [0.2, 0.25) is 5.91 Å². The topological polar surface area (TPSA) is 20.3 Å². The molecule has 1 unspecified atom stereocenters. The zero-order valence-corrected chi connectivity index (χ0v) is 9.77. The van der Waals surface area contributed by atoms with Crippen LogP contribution in [0.3, 0.4) is 0 Å². The fourth-order valence-electron chi connectivity index (χ4n) is 1.05. The van der Waals surface area contributed by atoms with Crippen LogP contribution in [0.4, 0.5) is 0 Å². The Kier molecular flexibility index (Phi) is 4.54. The lowest BCUT2D eigenvalue weighted by Gasteiger charge is -2.36. The lowest BCUT2D eigenvalue weighted by atomic mass is 10.1. The van der Waals surface area contributed by atoms with Gasteiger partial charge in [-0.2, -0.15) is 12.6 Å². The third-order valence-electron chi connectivity index (χ3n) is 1.74. The average molecular weight is 201 g/mol. The van der Waals surface area contributed by atoms with E-state index in [1.54, 1.807) is 17.9 Å². The van der Waals surface area contributed by atoms with E-state index in [4.69, 9.17) is 0 Å². The van der Waals surface area contributed by atoms with E-state index in [2.05, 4.69) is 19.2 Å². The summed E-state index contributed by atoms with van der Waals surface area (Å²) in [5.41, 5.74) is -0.164. The molecule has 0 rings (SSSR count). The number of nitrogens with zero attached hydrogens (tertiary/aromatic N) is 1. The third-order valence-corrected chi connectivity index (χ3v) is 1.97. The van der Waals surface area contributed by atoms with Gasteiger partial charge in [0, 0.05) is 12.1 Å². The smallest absolute Gasteiger partial charge is 0.235 e. The highest BCUT2D eigenvalue weighted by molar-refractivity contribution is 7.81. The SMILES string of the molecule is C=CCN(C(=O)C(C)S)C(C)(C)C. The monoisotopic (exact) mass is 201 g/mol. The first-order valence-electron chi connectivity index (χ1n) is 4.41. The summed E-state index contributed by atoms with van der Waals surface area (Å²) in [5.74, 6) is 0.0516. The molecule has 0 N–H and O–H groups in total. The van der Waals surface area contributed by atoms with Crippen LogP contribution in [0.1, 0.15) is 27.7 Å². The van der Waals surface area contributed by atoms with Gasteiger partial charge in [-0.25, -0.2) is 0 Å². The molecule has 3 heteroatoms. The number of rotatable bonds is 3. The molecule has 0 aliphatic heterocycles. The number of thiol groups is 1. The highest BCUT2D eigenvalue weighted by Crippen LogP contribution is 2.15. The van der Waals surface area contributed by atoms with Crippen molar-refractivity contribution < 1.29 is 4.79 Å². The van der Waals surface area contributed by atoms with Crippen LogP contribution in [-0.2, 0) is 4.79 Å². The van der Waals surface area contributed by atoms with Gasteiger partial charge in [0.1, 0.15) is 0 Å². The van der Waals surface area contributed by atoms with Crippen LogP contribution < -0.4 is 0 Å². The summed E-state index contributed by atoms with van der Waals surface area (Å²) in [6.07, 6.45) is 1.74. The molecule has 0 heterocycles. The Bertz CT molecular complexity index is 194. The average Bonchev–Trinajstić information content (AvgIpc) is 1.96. The Morgan fingerprint density at radius 3 is 2.31 bits per heavy atom. The number of hydrogen-bond donors (Lipinski definition) is 1. The summed E-state index contributed by atoms with van der Waals surface area (Å²) in [7, 11) is 0. The van der Waals surface area contributed by atoms with Gasteiger partial charge in [0.25, 0.3) is 0 Å². The third kappa shape index (κ3) is 3.85. The molecular formula is C10H19NOS. The minimum atomic E-state index is -0.251. The summed E-state index contributed by atoms with van der Waals surface area (Å²) >= 11 is 4.13. The van der Waals surface area contributed by atoms with E-state index in [1.165, 1.54) is 0 Å². The fourth-order valence-corrected chi connectivity index (χ4v) is 1.19. The van der Waals surface area contributed by atoms with Crippen LogP contribution >= 0.6 is 12.6 Å². The van der Waals surface area contributed by atoms with E-state index in [0.29, 0.717) is 6.54 Å². The Balaban J connectivity index is 4.61. The Morgan fingerprint density at radius 1 is 1.62 bits per heavy atom. The van der Waals surface area contributed by atoms with Gasteiger partial charge in [-0.15, -0.1) is 6.58 Å². The molecule has 1 atom stereocenters. The van der Waals surface area contributed by atoms with Gasteiger partial charge in [-0.1, -0.05) is 6.08 Å². The van der Waals surface area contributed by atoms with Crippen LogP contribution in [0, 0.1) is 0 Å². The van der Waals surface area contributed by atoms with E-state index in [9.17, 15) is 4.79 Å². The van der Waals surface area contributed by atoms with E-state index >= 15 is 0 Å². The largest absolute Gasteiger partial charge is 0.333 e. The zero-order valence-electron chi connectivity index (χ0n) is 8.87. The predicted octanol–water partition coefficient (Wildman–Crippen LogP) is 2.12. The molecule has 0 fully saturated rings. The van der Waals surface area contributed by atoms with Crippen molar-refractivity contribution in [3.63, 3.8) is 0 Å². The fraction of sp³-hybridized carbons (Fsp3) is 0.700. The quantitative estimate of drug-likeness (QED) is 0.548. The lowest BCUT2D eigenvalue weighted by molar-refractivity contribution is -0.134. The van der Waals surface area contributed by atoms with Crippen molar-refractivity contribution in [1.82, 2.24) is 4.90 Å². The predicted molar refractivity (Wildman–Crippen MR) is 60.1 cm³/mol.